The molecule has 11 nitrogen and oxygen atoms in total. The average Bonchev–Trinajstić information content (AvgIpc) is 3.17. The van der Waals surface area contributed by atoms with Crippen molar-refractivity contribution in [2.45, 2.75) is 359 Å². The Balaban J connectivity index is 2.61. The van der Waals surface area contributed by atoms with Crippen LogP contribution in [0.3, 0.4) is 0 Å². The molecule has 1 amide bonds. The first-order valence-corrected chi connectivity index (χ1v) is 35.4. The largest absolute Gasteiger partial charge is 0.454 e. The molecule has 492 valence electrons. The number of hydrogen-bond donors (Lipinski definition) is 6. The van der Waals surface area contributed by atoms with Crippen molar-refractivity contribution in [1.29, 1.82) is 0 Å². The monoisotopic (exact) mass is 1190 g/mol. The number of aliphatic hydroxyl groups is 5. The van der Waals surface area contributed by atoms with Crippen LogP contribution in [0.1, 0.15) is 310 Å². The van der Waals surface area contributed by atoms with Gasteiger partial charge in [-0.25, -0.2) is 0 Å². The van der Waals surface area contributed by atoms with Crippen LogP contribution in [0.5, 0.6) is 0 Å². The fraction of sp³-hybridized carbons (Fsp3) is 0.784. The molecule has 0 aromatic carbocycles. The van der Waals surface area contributed by atoms with Crippen LogP contribution in [0, 0.1) is 0 Å². The number of amides is 1. The Labute approximate surface area is 521 Å². The number of carbonyl (C=O) groups excluding carboxylic acids is 2. The Morgan fingerprint density at radius 3 is 1.28 bits per heavy atom. The number of ether oxygens (including phenoxy) is 3. The van der Waals surface area contributed by atoms with Crippen LogP contribution in [0.4, 0.5) is 0 Å². The summed E-state index contributed by atoms with van der Waals surface area (Å²) in [6, 6.07) is -1.03. The molecule has 0 aromatic heterocycles. The second-order valence-electron chi connectivity index (χ2n) is 24.2. The molecule has 8 unspecified atom stereocenters. The summed E-state index contributed by atoms with van der Waals surface area (Å²) >= 11 is 0. The predicted octanol–water partition coefficient (Wildman–Crippen LogP) is 18.1. The first-order valence-electron chi connectivity index (χ1n) is 35.4. The summed E-state index contributed by atoms with van der Waals surface area (Å²) in [5.41, 5.74) is 0. The fourth-order valence-electron chi connectivity index (χ4n) is 10.7. The van der Waals surface area contributed by atoms with Crippen LogP contribution in [0.25, 0.3) is 0 Å². The van der Waals surface area contributed by atoms with E-state index in [1.165, 1.54) is 167 Å². The Morgan fingerprint density at radius 1 is 0.471 bits per heavy atom. The zero-order chi connectivity index (χ0) is 61.7. The van der Waals surface area contributed by atoms with Gasteiger partial charge in [-0.3, -0.25) is 9.59 Å². The molecule has 6 N–H and O–H groups in total. The lowest BCUT2D eigenvalue weighted by atomic mass is 9.99. The Hall–Kier alpha value is -3.16. The van der Waals surface area contributed by atoms with E-state index in [1.54, 1.807) is 6.08 Å². The van der Waals surface area contributed by atoms with Gasteiger partial charge in [0.25, 0.3) is 0 Å². The fourth-order valence-corrected chi connectivity index (χ4v) is 10.7. The highest BCUT2D eigenvalue weighted by Crippen LogP contribution is 2.26. The van der Waals surface area contributed by atoms with Gasteiger partial charge in [-0.05, 0) is 96.3 Å². The van der Waals surface area contributed by atoms with Crippen LogP contribution in [-0.4, -0.2) is 99.6 Å². The molecule has 0 aromatic rings. The van der Waals surface area contributed by atoms with Gasteiger partial charge in [-0.2, -0.15) is 0 Å². The van der Waals surface area contributed by atoms with E-state index in [0.717, 1.165) is 96.3 Å². The SMILES string of the molecule is CC/C=C\C/C=C\C/C=C\C/C=C\C/C=C\CCCCCCCCCCC(O)C(=O)NC(COC1OC(CO)C(O)C(O)C1OC(=O)CCCCCCCCCCC/C=C/CCCCCCCC)C(O)/C=C/CCCCCCCCCCCCC. The Morgan fingerprint density at radius 2 is 0.847 bits per heavy atom. The number of unbranched alkanes of at least 4 members (excludes halogenated alkanes) is 34. The van der Waals surface area contributed by atoms with E-state index in [2.05, 4.69) is 99.0 Å². The molecule has 1 saturated heterocycles. The van der Waals surface area contributed by atoms with Crippen LogP contribution in [0.15, 0.2) is 85.1 Å². The van der Waals surface area contributed by atoms with Gasteiger partial charge in [0, 0.05) is 6.42 Å². The average molecular weight is 1190 g/mol. The minimum Gasteiger partial charge on any atom is -0.454 e. The van der Waals surface area contributed by atoms with E-state index in [9.17, 15) is 35.1 Å². The van der Waals surface area contributed by atoms with Crippen LogP contribution >= 0.6 is 0 Å². The minimum absolute atomic E-state index is 0.119. The topological polar surface area (TPSA) is 175 Å². The van der Waals surface area contributed by atoms with Gasteiger partial charge in [-0.1, -0.05) is 292 Å². The van der Waals surface area contributed by atoms with Gasteiger partial charge in [0.2, 0.25) is 5.91 Å². The number of allylic oxidation sites excluding steroid dienone is 13. The third-order valence-electron chi connectivity index (χ3n) is 16.3. The van der Waals surface area contributed by atoms with Crippen molar-refractivity contribution >= 4 is 11.9 Å². The smallest absolute Gasteiger partial charge is 0.306 e. The highest BCUT2D eigenvalue weighted by Gasteiger charge is 2.47. The molecule has 1 fully saturated rings. The molecule has 1 rings (SSSR count). The molecular weight excluding hydrogens is 1060 g/mol. The number of nitrogens with one attached hydrogen (secondary N) is 1. The molecule has 1 heterocycles. The normalized spacial score (nSPS) is 18.9. The van der Waals surface area contributed by atoms with Crippen LogP contribution in [-0.2, 0) is 23.8 Å². The van der Waals surface area contributed by atoms with Gasteiger partial charge in [0.15, 0.2) is 12.4 Å². The summed E-state index contributed by atoms with van der Waals surface area (Å²) in [6.45, 7) is 5.70. The number of hydrogen-bond acceptors (Lipinski definition) is 10. The summed E-state index contributed by atoms with van der Waals surface area (Å²) in [5.74, 6) is -1.20. The van der Waals surface area contributed by atoms with Crippen LogP contribution in [0.2, 0.25) is 0 Å². The molecule has 0 radical (unpaired) electrons. The molecule has 0 aliphatic carbocycles. The van der Waals surface area contributed by atoms with E-state index in [0.29, 0.717) is 12.8 Å². The highest BCUT2D eigenvalue weighted by atomic mass is 16.7. The van der Waals surface area contributed by atoms with Crippen molar-refractivity contribution in [2.24, 2.45) is 0 Å². The van der Waals surface area contributed by atoms with Crippen molar-refractivity contribution in [3.05, 3.63) is 85.1 Å². The third-order valence-corrected chi connectivity index (χ3v) is 16.3. The van der Waals surface area contributed by atoms with Crippen molar-refractivity contribution in [3.8, 4) is 0 Å². The van der Waals surface area contributed by atoms with E-state index in [-0.39, 0.29) is 19.4 Å². The van der Waals surface area contributed by atoms with Crippen molar-refractivity contribution in [1.82, 2.24) is 5.32 Å². The minimum atomic E-state index is -1.62. The summed E-state index contributed by atoms with van der Waals surface area (Å²) in [5, 5.41) is 57.3. The summed E-state index contributed by atoms with van der Waals surface area (Å²) < 4.78 is 17.7. The second-order valence-corrected chi connectivity index (χ2v) is 24.2. The maximum Gasteiger partial charge on any atom is 0.306 e. The Bertz CT molecular complexity index is 1710. The van der Waals surface area contributed by atoms with Crippen LogP contribution < -0.4 is 5.32 Å². The highest BCUT2D eigenvalue weighted by molar-refractivity contribution is 5.80. The van der Waals surface area contributed by atoms with Gasteiger partial charge in [-0.15, -0.1) is 0 Å². The van der Waals surface area contributed by atoms with Gasteiger partial charge in [0.05, 0.1) is 25.4 Å². The molecule has 85 heavy (non-hydrogen) atoms. The number of carbonyl (C=O) groups is 2. The second kappa shape index (κ2) is 61.1. The number of esters is 1. The molecule has 8 atom stereocenters. The summed E-state index contributed by atoms with van der Waals surface area (Å²) in [6.07, 6.45) is 70.4. The first-order chi connectivity index (χ1) is 41.7. The summed E-state index contributed by atoms with van der Waals surface area (Å²) in [7, 11) is 0. The Kier molecular flexibility index (Phi) is 57.4. The molecule has 11 heteroatoms. The van der Waals surface area contributed by atoms with E-state index < -0.39 is 67.4 Å². The third kappa shape index (κ3) is 48.4. The zero-order valence-electron chi connectivity index (χ0n) is 54.7. The molecule has 1 aliphatic rings. The van der Waals surface area contributed by atoms with E-state index >= 15 is 0 Å². The van der Waals surface area contributed by atoms with Gasteiger partial charge >= 0.3 is 5.97 Å². The number of rotatable bonds is 60. The van der Waals surface area contributed by atoms with Crippen molar-refractivity contribution in [3.63, 3.8) is 0 Å². The van der Waals surface area contributed by atoms with Gasteiger partial charge < -0.3 is 45.1 Å². The molecule has 0 spiro atoms. The lowest BCUT2D eigenvalue weighted by molar-refractivity contribution is -0.305. The van der Waals surface area contributed by atoms with Crippen molar-refractivity contribution < 1.29 is 49.3 Å². The summed E-state index contributed by atoms with van der Waals surface area (Å²) in [4.78, 5) is 26.7. The lowest BCUT2D eigenvalue weighted by Gasteiger charge is -2.41. The quantitative estimate of drug-likeness (QED) is 0.0195. The first kappa shape index (κ1) is 79.9. The number of aliphatic hydroxyl groups excluding tert-OH is 5. The van der Waals surface area contributed by atoms with Gasteiger partial charge in [0.1, 0.15) is 24.4 Å². The maximum absolute atomic E-state index is 13.5. The predicted molar refractivity (Wildman–Crippen MR) is 356 cm³/mol. The molecule has 0 bridgehead atoms. The lowest BCUT2D eigenvalue weighted by Crippen LogP contribution is -2.61. The zero-order valence-corrected chi connectivity index (χ0v) is 54.7. The van der Waals surface area contributed by atoms with E-state index in [4.69, 9.17) is 14.2 Å². The standard InChI is InChI=1S/C74H131NO10/c1-4-7-10-13-16-19-22-25-27-29-31-32-33-34-35-37-38-40-43-46-49-52-55-58-61-67(78)73(82)75-65(66(77)60-57-54-51-48-45-42-24-21-18-15-12-9-6-3)64-83-74-72(71(81)70(80)68(63-76)84-74)85-69(79)62-59-56-53-50-47-44-41-39-36-30-28-26-23-20-17-14-11-8-5-2/h7,10,16,19,25-28,31-32,34-35,57,60,65-68,70-72,74,76-78,80-81H,4-6,8-9,11-15,17-18,20-24,29-30,33,36-56,58-59,61-64H2,1-3H3,(H,75,82)/b10-7-,19-16-,27-25-,28-26+,32-31-,35-34-,60-57+. The van der Waals surface area contributed by atoms with Crippen molar-refractivity contribution in [2.75, 3.05) is 13.2 Å². The molecular formula is C74H131NO10. The molecule has 1 aliphatic heterocycles. The van der Waals surface area contributed by atoms with E-state index in [1.807, 2.05) is 6.08 Å². The maximum atomic E-state index is 13.5. The molecule has 0 saturated carbocycles.